The minimum atomic E-state index is -1.34. The lowest BCUT2D eigenvalue weighted by molar-refractivity contribution is 1.51. The summed E-state index contributed by atoms with van der Waals surface area (Å²) in [5.41, 5.74) is 0. The SMILES string of the molecule is C[Si](C)(C)c1ccc(P(CCP(c2ccc([Si](C)(C)C)cc2)c2ccc([Si](C)(C)C)cc2)c2ccc([Si](C)(C)C)cc2)cc1. The van der Waals surface area contributed by atoms with Gasteiger partial charge in [-0.05, 0) is 49.4 Å². The average Bonchev–Trinajstić information content (AvgIpc) is 2.94. The first kappa shape index (κ1) is 35.5. The van der Waals surface area contributed by atoms with Crippen LogP contribution in [0.5, 0.6) is 0 Å². The molecule has 4 aromatic carbocycles. The smallest absolute Gasteiger partial charge is 0.0656 e. The third kappa shape index (κ3) is 9.11. The minimum Gasteiger partial charge on any atom is -0.0656 e. The van der Waals surface area contributed by atoms with Gasteiger partial charge in [0.15, 0.2) is 0 Å². The van der Waals surface area contributed by atoms with Gasteiger partial charge < -0.3 is 0 Å². The van der Waals surface area contributed by atoms with E-state index in [4.69, 9.17) is 0 Å². The Hall–Kier alpha value is -1.39. The van der Waals surface area contributed by atoms with E-state index in [1.54, 1.807) is 20.7 Å². The molecular weight excluding hydrogens is 631 g/mol. The molecule has 4 aromatic rings. The molecule has 44 heavy (non-hydrogen) atoms. The van der Waals surface area contributed by atoms with Gasteiger partial charge in [0.05, 0.1) is 32.3 Å². The molecule has 0 saturated heterocycles. The average molecular weight is 687 g/mol. The van der Waals surface area contributed by atoms with Crippen LogP contribution in [0.1, 0.15) is 0 Å². The Kier molecular flexibility index (Phi) is 11.1. The summed E-state index contributed by atoms with van der Waals surface area (Å²) < 4.78 is 0. The van der Waals surface area contributed by atoms with Crippen LogP contribution in [-0.2, 0) is 0 Å². The van der Waals surface area contributed by atoms with E-state index in [1.807, 2.05) is 0 Å². The van der Waals surface area contributed by atoms with Crippen LogP contribution in [0.25, 0.3) is 0 Å². The summed E-state index contributed by atoms with van der Waals surface area (Å²) in [5, 5.41) is 12.3. The zero-order chi connectivity index (χ0) is 32.5. The van der Waals surface area contributed by atoms with Gasteiger partial charge in [-0.3, -0.25) is 0 Å². The summed E-state index contributed by atoms with van der Waals surface area (Å²) >= 11 is 0. The molecule has 6 heteroatoms. The fourth-order valence-corrected chi connectivity index (χ4v) is 15.5. The Labute approximate surface area is 276 Å². The summed E-state index contributed by atoms with van der Waals surface area (Å²) in [6, 6.07) is 39.3. The van der Waals surface area contributed by atoms with Crippen LogP contribution >= 0.6 is 15.8 Å². The van der Waals surface area contributed by atoms with Gasteiger partial charge in [0.25, 0.3) is 0 Å². The van der Waals surface area contributed by atoms with Crippen LogP contribution in [0, 0.1) is 0 Å². The number of benzene rings is 4. The third-order valence-electron chi connectivity index (χ3n) is 8.73. The Morgan fingerprint density at radius 2 is 0.455 bits per heavy atom. The zero-order valence-corrected chi connectivity index (χ0v) is 35.3. The van der Waals surface area contributed by atoms with Gasteiger partial charge in [-0.25, -0.2) is 0 Å². The molecule has 0 nitrogen and oxygen atoms in total. The van der Waals surface area contributed by atoms with Gasteiger partial charge >= 0.3 is 0 Å². The Morgan fingerprint density at radius 3 is 0.591 bits per heavy atom. The van der Waals surface area contributed by atoms with Crippen LogP contribution in [0.3, 0.4) is 0 Å². The van der Waals surface area contributed by atoms with Gasteiger partial charge in [0.2, 0.25) is 0 Å². The first-order valence-corrected chi connectivity index (χ1v) is 33.4. The molecule has 0 radical (unpaired) electrons. The number of hydrogen-bond donors (Lipinski definition) is 0. The summed E-state index contributed by atoms with van der Waals surface area (Å²) in [5.74, 6) is 0. The molecule has 0 spiro atoms. The van der Waals surface area contributed by atoms with Gasteiger partial charge in [0.1, 0.15) is 0 Å². The molecule has 0 atom stereocenters. The highest BCUT2D eigenvalue weighted by Crippen LogP contribution is 2.41. The summed E-state index contributed by atoms with van der Waals surface area (Å²) in [4.78, 5) is 0. The molecule has 0 amide bonds. The fraction of sp³-hybridized carbons (Fsp3) is 0.368. The third-order valence-corrected chi connectivity index (χ3v) is 22.4. The van der Waals surface area contributed by atoms with E-state index in [0.29, 0.717) is 0 Å². The van der Waals surface area contributed by atoms with Crippen molar-refractivity contribution in [3.8, 4) is 0 Å². The van der Waals surface area contributed by atoms with Gasteiger partial charge in [0, 0.05) is 0 Å². The van der Waals surface area contributed by atoms with Crippen LogP contribution in [0.15, 0.2) is 97.1 Å². The molecule has 234 valence electrons. The van der Waals surface area contributed by atoms with Gasteiger partial charge in [-0.2, -0.15) is 0 Å². The summed E-state index contributed by atoms with van der Waals surface area (Å²) in [6.45, 7) is 29.4. The predicted molar refractivity (Wildman–Crippen MR) is 220 cm³/mol. The first-order chi connectivity index (χ1) is 20.3. The molecular formula is C38H56P2Si4. The minimum absolute atomic E-state index is 0.449. The van der Waals surface area contributed by atoms with E-state index >= 15 is 0 Å². The molecule has 4 rings (SSSR count). The van der Waals surface area contributed by atoms with Crippen molar-refractivity contribution < 1.29 is 0 Å². The monoisotopic (exact) mass is 686 g/mol. The highest BCUT2D eigenvalue weighted by atomic mass is 31.1. The molecule has 0 aliphatic rings. The molecule has 0 aliphatic carbocycles. The second kappa shape index (κ2) is 13.8. The normalized spacial score (nSPS) is 13.1. The van der Waals surface area contributed by atoms with E-state index in [1.165, 1.54) is 33.5 Å². The van der Waals surface area contributed by atoms with E-state index in [-0.39, 0.29) is 0 Å². The fourth-order valence-electron chi connectivity index (χ4n) is 5.58. The highest BCUT2D eigenvalue weighted by molar-refractivity contribution is 7.76. The molecule has 0 fully saturated rings. The van der Waals surface area contributed by atoms with Crippen molar-refractivity contribution in [1.82, 2.24) is 0 Å². The topological polar surface area (TPSA) is 0 Å². The number of hydrogen-bond acceptors (Lipinski definition) is 0. The molecule has 0 saturated carbocycles. The van der Waals surface area contributed by atoms with Crippen molar-refractivity contribution in [2.45, 2.75) is 78.6 Å². The van der Waals surface area contributed by atoms with Crippen molar-refractivity contribution >= 4 is 90.1 Å². The second-order valence-corrected chi connectivity index (χ2v) is 41.5. The van der Waals surface area contributed by atoms with Crippen molar-refractivity contribution in [2.75, 3.05) is 12.3 Å². The maximum Gasteiger partial charge on any atom is 0.0775 e. The van der Waals surface area contributed by atoms with Crippen LogP contribution in [0.4, 0.5) is 0 Å². The summed E-state index contributed by atoms with van der Waals surface area (Å²) in [7, 11) is -6.26. The molecule has 0 bridgehead atoms. The number of rotatable bonds is 11. The molecule has 0 N–H and O–H groups in total. The van der Waals surface area contributed by atoms with Crippen LogP contribution in [0.2, 0.25) is 78.6 Å². The lowest BCUT2D eigenvalue weighted by atomic mass is 10.4. The Morgan fingerprint density at radius 1 is 0.295 bits per heavy atom. The standard InChI is InChI=1S/C38H56P2Si4/c1-41(2,3)35-21-13-31(14-22-35)39(32-15-23-36(24-16-32)42(4,5)6)29-30-40(33-17-25-37(26-18-33)43(7,8)9)34-19-27-38(28-20-34)44(10,11)12/h13-28H,29-30H2,1-12H3. The van der Waals surface area contributed by atoms with E-state index in [0.717, 1.165) is 0 Å². The molecule has 0 aromatic heterocycles. The zero-order valence-electron chi connectivity index (χ0n) is 29.5. The van der Waals surface area contributed by atoms with Crippen molar-refractivity contribution in [1.29, 1.82) is 0 Å². The van der Waals surface area contributed by atoms with Crippen LogP contribution < -0.4 is 42.0 Å². The van der Waals surface area contributed by atoms with Crippen molar-refractivity contribution in [3.05, 3.63) is 97.1 Å². The van der Waals surface area contributed by atoms with E-state index in [9.17, 15) is 0 Å². The lowest BCUT2D eigenvalue weighted by Gasteiger charge is -2.26. The highest BCUT2D eigenvalue weighted by Gasteiger charge is 2.24. The lowest BCUT2D eigenvalue weighted by Crippen LogP contribution is -2.38. The Balaban J connectivity index is 1.74. The van der Waals surface area contributed by atoms with Gasteiger partial charge in [-0.1, -0.05) is 196 Å². The molecule has 0 heterocycles. The molecule has 0 aliphatic heterocycles. The predicted octanol–water partition coefficient (Wildman–Crippen LogP) is 7.43. The molecule has 0 unspecified atom stereocenters. The largest absolute Gasteiger partial charge is 0.0775 e. The van der Waals surface area contributed by atoms with Crippen molar-refractivity contribution in [2.24, 2.45) is 0 Å². The van der Waals surface area contributed by atoms with Crippen molar-refractivity contribution in [3.63, 3.8) is 0 Å². The maximum absolute atomic E-state index is 2.47. The van der Waals surface area contributed by atoms with E-state index < -0.39 is 48.1 Å². The van der Waals surface area contributed by atoms with Gasteiger partial charge in [-0.15, -0.1) is 0 Å². The quantitative estimate of drug-likeness (QED) is 0.114. The maximum atomic E-state index is 2.47. The summed E-state index contributed by atoms with van der Waals surface area (Å²) in [6.07, 6.45) is 2.43. The van der Waals surface area contributed by atoms with E-state index in [2.05, 4.69) is 176 Å². The Bertz CT molecular complexity index is 1270. The first-order valence-electron chi connectivity index (χ1n) is 16.3. The van der Waals surface area contributed by atoms with Crippen LogP contribution in [-0.4, -0.2) is 44.6 Å². The second-order valence-electron chi connectivity index (χ2n) is 16.5.